The summed E-state index contributed by atoms with van der Waals surface area (Å²) in [5, 5.41) is 2.88. The number of ether oxygens (including phenoxy) is 2. The van der Waals surface area contributed by atoms with Gasteiger partial charge in [0.15, 0.2) is 0 Å². The number of nitrogens with one attached hydrogen (secondary N) is 1. The molecule has 0 aliphatic rings. The number of carbonyl (C=O) groups is 1. The van der Waals surface area contributed by atoms with Gasteiger partial charge in [-0.2, -0.15) is 0 Å². The predicted octanol–water partition coefficient (Wildman–Crippen LogP) is 5.01. The molecule has 0 fully saturated rings. The molecule has 32 heavy (non-hydrogen) atoms. The molecule has 7 heteroatoms. The Bertz CT molecular complexity index is 1250. The van der Waals surface area contributed by atoms with Gasteiger partial charge < -0.3 is 14.8 Å². The summed E-state index contributed by atoms with van der Waals surface area (Å²) in [5.74, 6) is 0.878. The first-order chi connectivity index (χ1) is 15.6. The molecule has 0 aliphatic carbocycles. The second kappa shape index (κ2) is 9.70. The van der Waals surface area contributed by atoms with Gasteiger partial charge in [0.25, 0.3) is 5.91 Å². The van der Waals surface area contributed by atoms with Crippen molar-refractivity contribution < 1.29 is 18.7 Å². The Morgan fingerprint density at radius 2 is 1.75 bits per heavy atom. The van der Waals surface area contributed by atoms with Gasteiger partial charge in [-0.3, -0.25) is 4.79 Å². The first kappa shape index (κ1) is 21.0. The smallest absolute Gasteiger partial charge is 0.251 e. The molecule has 1 amide bonds. The Morgan fingerprint density at radius 1 is 0.938 bits per heavy atom. The van der Waals surface area contributed by atoms with E-state index in [0.29, 0.717) is 29.1 Å². The third kappa shape index (κ3) is 5.26. The van der Waals surface area contributed by atoms with Crippen molar-refractivity contribution in [2.24, 2.45) is 0 Å². The number of nitrogens with zero attached hydrogens (tertiary/aromatic N) is 2. The molecule has 0 spiro atoms. The van der Waals surface area contributed by atoms with E-state index in [4.69, 9.17) is 9.47 Å². The van der Waals surface area contributed by atoms with Crippen LogP contribution >= 0.6 is 0 Å². The minimum absolute atomic E-state index is 0.235. The lowest BCUT2D eigenvalue weighted by Crippen LogP contribution is -2.22. The van der Waals surface area contributed by atoms with Crippen molar-refractivity contribution in [1.82, 2.24) is 15.3 Å². The second-order valence-corrected chi connectivity index (χ2v) is 6.92. The molecule has 1 heterocycles. The Balaban J connectivity index is 1.45. The van der Waals surface area contributed by atoms with Crippen molar-refractivity contribution in [2.75, 3.05) is 7.11 Å². The van der Waals surface area contributed by atoms with E-state index < -0.39 is 0 Å². The van der Waals surface area contributed by atoms with Crippen LogP contribution in [0.5, 0.6) is 17.4 Å². The largest absolute Gasteiger partial charge is 0.497 e. The van der Waals surface area contributed by atoms with Crippen LogP contribution in [0.15, 0.2) is 85.2 Å². The molecule has 0 saturated carbocycles. The number of aromatic nitrogens is 2. The maximum Gasteiger partial charge on any atom is 0.251 e. The zero-order chi connectivity index (χ0) is 22.3. The average molecular weight is 429 g/mol. The molecular weight excluding hydrogens is 409 g/mol. The fraction of sp³-hybridized carbons (Fsp3) is 0.0800. The number of halogens is 1. The summed E-state index contributed by atoms with van der Waals surface area (Å²) < 4.78 is 24.5. The molecule has 0 bridgehead atoms. The Hall–Kier alpha value is -4.26. The molecule has 1 aromatic heterocycles. The molecule has 0 radical (unpaired) electrons. The van der Waals surface area contributed by atoms with Crippen molar-refractivity contribution in [1.29, 1.82) is 0 Å². The van der Waals surface area contributed by atoms with E-state index in [1.54, 1.807) is 49.6 Å². The highest BCUT2D eigenvalue weighted by molar-refractivity contribution is 5.94. The molecule has 1 N–H and O–H groups in total. The summed E-state index contributed by atoms with van der Waals surface area (Å²) >= 11 is 0. The van der Waals surface area contributed by atoms with Crippen LogP contribution in [0, 0.1) is 5.82 Å². The molecule has 0 unspecified atom stereocenters. The lowest BCUT2D eigenvalue weighted by Gasteiger charge is -2.09. The number of hydrogen-bond acceptors (Lipinski definition) is 5. The second-order valence-electron chi connectivity index (χ2n) is 6.92. The summed E-state index contributed by atoms with van der Waals surface area (Å²) in [6.45, 7) is 0.365. The predicted molar refractivity (Wildman–Crippen MR) is 118 cm³/mol. The van der Waals surface area contributed by atoms with Gasteiger partial charge in [0.1, 0.15) is 23.6 Å². The van der Waals surface area contributed by atoms with Crippen molar-refractivity contribution in [3.8, 4) is 28.6 Å². The lowest BCUT2D eigenvalue weighted by atomic mass is 10.1. The van der Waals surface area contributed by atoms with E-state index in [0.717, 1.165) is 11.3 Å². The van der Waals surface area contributed by atoms with Crippen molar-refractivity contribution in [2.45, 2.75) is 6.54 Å². The zero-order valence-corrected chi connectivity index (χ0v) is 17.3. The summed E-state index contributed by atoms with van der Waals surface area (Å²) in [7, 11) is 1.60. The third-order valence-electron chi connectivity index (χ3n) is 4.67. The Morgan fingerprint density at radius 3 is 2.59 bits per heavy atom. The molecule has 0 atom stereocenters. The number of benzene rings is 3. The van der Waals surface area contributed by atoms with Gasteiger partial charge in [0, 0.05) is 23.7 Å². The maximum atomic E-state index is 13.5. The van der Waals surface area contributed by atoms with E-state index in [1.165, 1.54) is 18.5 Å². The highest BCUT2D eigenvalue weighted by atomic mass is 19.1. The molecule has 3 aromatic carbocycles. The van der Waals surface area contributed by atoms with Gasteiger partial charge in [0.2, 0.25) is 5.88 Å². The number of hydrogen-bond donors (Lipinski definition) is 1. The Labute approximate surface area is 184 Å². The number of methoxy groups -OCH3 is 1. The monoisotopic (exact) mass is 429 g/mol. The van der Waals surface area contributed by atoms with E-state index in [2.05, 4.69) is 15.3 Å². The van der Waals surface area contributed by atoms with Crippen molar-refractivity contribution in [3.05, 3.63) is 102 Å². The highest BCUT2D eigenvalue weighted by Gasteiger charge is 2.09. The zero-order valence-electron chi connectivity index (χ0n) is 17.3. The standard InChI is InChI=1S/C25H20FN3O3/c1-31-21-9-2-5-17(11-21)15-27-25(30)19-7-4-10-22(13-19)32-24-14-23(28-16-29-24)18-6-3-8-20(26)12-18/h2-14,16H,15H2,1H3,(H,27,30). The number of rotatable bonds is 7. The fourth-order valence-electron chi connectivity index (χ4n) is 3.09. The molecule has 4 rings (SSSR count). The van der Waals surface area contributed by atoms with Gasteiger partial charge in [-0.1, -0.05) is 30.3 Å². The van der Waals surface area contributed by atoms with Crippen LogP contribution in [0.2, 0.25) is 0 Å². The van der Waals surface area contributed by atoms with Crippen LogP contribution in [0.25, 0.3) is 11.3 Å². The maximum absolute atomic E-state index is 13.5. The normalized spacial score (nSPS) is 10.4. The fourth-order valence-corrected chi connectivity index (χ4v) is 3.09. The molecular formula is C25H20FN3O3. The Kier molecular flexibility index (Phi) is 6.36. The van der Waals surface area contributed by atoms with Crippen LogP contribution in [-0.4, -0.2) is 23.0 Å². The number of amides is 1. The topological polar surface area (TPSA) is 73.3 Å². The summed E-state index contributed by atoms with van der Waals surface area (Å²) in [5.41, 5.74) is 2.52. The quantitative estimate of drug-likeness (QED) is 0.447. The average Bonchev–Trinajstić information content (AvgIpc) is 2.83. The lowest BCUT2D eigenvalue weighted by molar-refractivity contribution is 0.0950. The van der Waals surface area contributed by atoms with Crippen molar-refractivity contribution >= 4 is 5.91 Å². The molecule has 4 aromatic rings. The van der Waals surface area contributed by atoms with E-state index in [9.17, 15) is 9.18 Å². The van der Waals surface area contributed by atoms with Gasteiger partial charge in [-0.15, -0.1) is 0 Å². The first-order valence-electron chi connectivity index (χ1n) is 9.88. The SMILES string of the molecule is COc1cccc(CNC(=O)c2cccc(Oc3cc(-c4cccc(F)c4)ncn3)c2)c1. The first-order valence-corrected chi connectivity index (χ1v) is 9.88. The summed E-state index contributed by atoms with van der Waals surface area (Å²) in [6, 6.07) is 22.0. The molecule has 0 aliphatic heterocycles. The number of carbonyl (C=O) groups excluding carboxylic acids is 1. The van der Waals surface area contributed by atoms with E-state index in [1.807, 2.05) is 24.3 Å². The van der Waals surface area contributed by atoms with E-state index >= 15 is 0 Å². The van der Waals surface area contributed by atoms with Gasteiger partial charge >= 0.3 is 0 Å². The van der Waals surface area contributed by atoms with Crippen molar-refractivity contribution in [3.63, 3.8) is 0 Å². The summed E-state index contributed by atoms with van der Waals surface area (Å²) in [6.07, 6.45) is 1.35. The van der Waals surface area contributed by atoms with Crippen LogP contribution in [0.1, 0.15) is 15.9 Å². The van der Waals surface area contributed by atoms with Crippen LogP contribution < -0.4 is 14.8 Å². The minimum Gasteiger partial charge on any atom is -0.497 e. The molecule has 6 nitrogen and oxygen atoms in total. The van der Waals surface area contributed by atoms with Crippen LogP contribution in [0.3, 0.4) is 0 Å². The highest BCUT2D eigenvalue weighted by Crippen LogP contribution is 2.25. The van der Waals surface area contributed by atoms with Gasteiger partial charge in [-0.25, -0.2) is 14.4 Å². The summed E-state index contributed by atoms with van der Waals surface area (Å²) in [4.78, 5) is 20.9. The minimum atomic E-state index is -0.351. The van der Waals surface area contributed by atoms with Crippen LogP contribution in [0.4, 0.5) is 4.39 Å². The van der Waals surface area contributed by atoms with Gasteiger partial charge in [-0.05, 0) is 48.0 Å². The molecule has 160 valence electrons. The van der Waals surface area contributed by atoms with Crippen LogP contribution in [-0.2, 0) is 6.54 Å². The van der Waals surface area contributed by atoms with E-state index in [-0.39, 0.29) is 17.6 Å². The molecule has 0 saturated heterocycles. The van der Waals surface area contributed by atoms with Gasteiger partial charge in [0.05, 0.1) is 12.8 Å². The third-order valence-corrected chi connectivity index (χ3v) is 4.67.